The number of ether oxygens (including phenoxy) is 1. The normalized spacial score (nSPS) is 10.9. The highest BCUT2D eigenvalue weighted by Crippen LogP contribution is 2.36. The van der Waals surface area contributed by atoms with Crippen molar-refractivity contribution in [2.45, 2.75) is 6.92 Å². The molecule has 0 unspecified atom stereocenters. The molecule has 0 aliphatic heterocycles. The van der Waals surface area contributed by atoms with Crippen molar-refractivity contribution < 1.29 is 4.74 Å². The maximum absolute atomic E-state index is 6.42. The first kappa shape index (κ1) is 14.4. The summed E-state index contributed by atoms with van der Waals surface area (Å²) < 4.78 is 6.15. The highest BCUT2D eigenvalue weighted by Gasteiger charge is 2.12. The highest BCUT2D eigenvalue weighted by molar-refractivity contribution is 9.10. The minimum atomic E-state index is 0.680. The van der Waals surface area contributed by atoms with E-state index < -0.39 is 0 Å². The van der Waals surface area contributed by atoms with Gasteiger partial charge in [0.05, 0.1) is 27.8 Å². The number of methoxy groups -OCH3 is 1. The number of hydrogen-bond acceptors (Lipinski definition) is 2. The molecule has 1 aromatic heterocycles. The molecule has 0 atom stereocenters. The summed E-state index contributed by atoms with van der Waals surface area (Å²) in [5, 5.41) is 1.58. The molecule has 4 heteroatoms. The van der Waals surface area contributed by atoms with Crippen LogP contribution in [0.5, 0.6) is 5.75 Å². The first-order valence-corrected chi connectivity index (χ1v) is 7.67. The lowest BCUT2D eigenvalue weighted by molar-refractivity contribution is 0.413. The van der Waals surface area contributed by atoms with Gasteiger partial charge in [-0.1, -0.05) is 35.4 Å². The van der Waals surface area contributed by atoms with Crippen LogP contribution in [0.4, 0.5) is 0 Å². The quantitative estimate of drug-likeness (QED) is 0.589. The van der Waals surface area contributed by atoms with Gasteiger partial charge >= 0.3 is 0 Å². The monoisotopic (exact) mass is 361 g/mol. The van der Waals surface area contributed by atoms with Crippen molar-refractivity contribution in [2.75, 3.05) is 7.11 Å². The van der Waals surface area contributed by atoms with Crippen LogP contribution in [0, 0.1) is 6.92 Å². The number of benzene rings is 2. The zero-order valence-electron chi connectivity index (χ0n) is 11.7. The SMILES string of the molecule is COc1ccc2c(Cl)cc(-c3cccc(C)c3)nc2c1Br. The molecule has 3 aromatic rings. The van der Waals surface area contributed by atoms with E-state index in [9.17, 15) is 0 Å². The summed E-state index contributed by atoms with van der Waals surface area (Å²) in [6, 6.07) is 13.9. The predicted molar refractivity (Wildman–Crippen MR) is 91.2 cm³/mol. The van der Waals surface area contributed by atoms with Crippen LogP contribution < -0.4 is 4.74 Å². The number of hydrogen-bond donors (Lipinski definition) is 0. The average molecular weight is 363 g/mol. The first-order chi connectivity index (χ1) is 10.1. The third-order valence-electron chi connectivity index (χ3n) is 3.37. The summed E-state index contributed by atoms with van der Waals surface area (Å²) in [5.41, 5.74) is 3.90. The maximum atomic E-state index is 6.42. The van der Waals surface area contributed by atoms with Crippen molar-refractivity contribution in [2.24, 2.45) is 0 Å². The number of halogens is 2. The van der Waals surface area contributed by atoms with Crippen molar-refractivity contribution in [3.8, 4) is 17.0 Å². The lowest BCUT2D eigenvalue weighted by atomic mass is 10.1. The molecular weight excluding hydrogens is 350 g/mol. The van der Waals surface area contributed by atoms with Gasteiger partial charge in [0.2, 0.25) is 0 Å². The third kappa shape index (κ3) is 2.63. The van der Waals surface area contributed by atoms with Gasteiger partial charge in [-0.05, 0) is 47.1 Å². The fourth-order valence-corrected chi connectivity index (χ4v) is 3.16. The summed E-state index contributed by atoms with van der Waals surface area (Å²) in [7, 11) is 1.64. The molecule has 0 aliphatic carbocycles. The molecule has 3 rings (SSSR count). The zero-order chi connectivity index (χ0) is 15.0. The van der Waals surface area contributed by atoms with Gasteiger partial charge in [0.15, 0.2) is 0 Å². The fourth-order valence-electron chi connectivity index (χ4n) is 2.31. The predicted octanol–water partition coefficient (Wildman–Crippen LogP) is 5.63. The second-order valence-corrected chi connectivity index (χ2v) is 6.04. The molecule has 0 spiro atoms. The summed E-state index contributed by atoms with van der Waals surface area (Å²) in [4.78, 5) is 4.74. The number of pyridine rings is 1. The number of nitrogens with zero attached hydrogens (tertiary/aromatic N) is 1. The lowest BCUT2D eigenvalue weighted by Gasteiger charge is -2.10. The maximum Gasteiger partial charge on any atom is 0.135 e. The van der Waals surface area contributed by atoms with Crippen molar-refractivity contribution in [1.29, 1.82) is 0 Å². The Morgan fingerprint density at radius 1 is 1.14 bits per heavy atom. The Bertz CT molecular complexity index is 832. The Hall–Kier alpha value is -1.58. The molecule has 0 fully saturated rings. The van der Waals surface area contributed by atoms with Gasteiger partial charge in [-0.15, -0.1) is 0 Å². The van der Waals surface area contributed by atoms with E-state index in [1.54, 1.807) is 7.11 Å². The van der Waals surface area contributed by atoms with Gasteiger partial charge < -0.3 is 4.74 Å². The molecule has 0 radical (unpaired) electrons. The van der Waals surface area contributed by atoms with Gasteiger partial charge in [0.25, 0.3) is 0 Å². The van der Waals surface area contributed by atoms with Crippen LogP contribution in [0.15, 0.2) is 46.9 Å². The van der Waals surface area contributed by atoms with Gasteiger partial charge in [-0.25, -0.2) is 4.98 Å². The Morgan fingerprint density at radius 2 is 1.95 bits per heavy atom. The Morgan fingerprint density at radius 3 is 2.67 bits per heavy atom. The van der Waals surface area contributed by atoms with Crippen LogP contribution in [0.2, 0.25) is 5.02 Å². The topological polar surface area (TPSA) is 22.1 Å². The van der Waals surface area contributed by atoms with Crippen molar-refractivity contribution in [3.05, 3.63) is 57.5 Å². The summed E-state index contributed by atoms with van der Waals surface area (Å²) >= 11 is 9.97. The number of rotatable bonds is 2. The molecular formula is C17H13BrClNO. The molecule has 21 heavy (non-hydrogen) atoms. The van der Waals surface area contributed by atoms with E-state index >= 15 is 0 Å². The third-order valence-corrected chi connectivity index (χ3v) is 4.45. The van der Waals surface area contributed by atoms with Crippen LogP contribution in [0.3, 0.4) is 0 Å². The lowest BCUT2D eigenvalue weighted by Crippen LogP contribution is -1.91. The van der Waals surface area contributed by atoms with E-state index in [4.69, 9.17) is 21.3 Å². The van der Waals surface area contributed by atoms with Gasteiger partial charge in [-0.2, -0.15) is 0 Å². The largest absolute Gasteiger partial charge is 0.495 e. The summed E-state index contributed by atoms with van der Waals surface area (Å²) in [6.45, 7) is 2.06. The molecule has 0 saturated heterocycles. The highest BCUT2D eigenvalue weighted by atomic mass is 79.9. The smallest absolute Gasteiger partial charge is 0.135 e. The van der Waals surface area contributed by atoms with E-state index in [2.05, 4.69) is 35.0 Å². The molecule has 106 valence electrons. The molecule has 2 aromatic carbocycles. The van der Waals surface area contributed by atoms with Gasteiger partial charge in [-0.3, -0.25) is 0 Å². The molecule has 0 N–H and O–H groups in total. The first-order valence-electron chi connectivity index (χ1n) is 6.50. The standard InChI is InChI=1S/C17H13BrClNO/c1-10-4-3-5-11(8-10)14-9-13(19)12-6-7-15(21-2)16(18)17(12)20-14/h3-9H,1-2H3. The van der Waals surface area contributed by atoms with Crippen LogP contribution >= 0.6 is 27.5 Å². The number of aryl methyl sites for hydroxylation is 1. The van der Waals surface area contributed by atoms with E-state index in [1.165, 1.54) is 5.56 Å². The molecule has 2 nitrogen and oxygen atoms in total. The van der Waals surface area contributed by atoms with Crippen LogP contribution in [-0.4, -0.2) is 12.1 Å². The fraction of sp³-hybridized carbons (Fsp3) is 0.118. The van der Waals surface area contributed by atoms with E-state index in [1.807, 2.05) is 30.3 Å². The van der Waals surface area contributed by atoms with Crippen molar-refractivity contribution in [3.63, 3.8) is 0 Å². The number of aromatic nitrogens is 1. The van der Waals surface area contributed by atoms with Crippen molar-refractivity contribution >= 4 is 38.4 Å². The Balaban J connectivity index is 2.29. The minimum absolute atomic E-state index is 0.680. The average Bonchev–Trinajstić information content (AvgIpc) is 2.48. The van der Waals surface area contributed by atoms with Gasteiger partial charge in [0, 0.05) is 10.9 Å². The van der Waals surface area contributed by atoms with E-state index in [0.29, 0.717) is 5.02 Å². The molecule has 0 saturated carbocycles. The van der Waals surface area contributed by atoms with Crippen LogP contribution in [-0.2, 0) is 0 Å². The second-order valence-electron chi connectivity index (χ2n) is 4.84. The van der Waals surface area contributed by atoms with E-state index in [0.717, 1.165) is 32.4 Å². The van der Waals surface area contributed by atoms with E-state index in [-0.39, 0.29) is 0 Å². The minimum Gasteiger partial charge on any atom is -0.495 e. The molecule has 0 bridgehead atoms. The Labute approximate surface area is 136 Å². The second kappa shape index (κ2) is 5.66. The summed E-state index contributed by atoms with van der Waals surface area (Å²) in [5.74, 6) is 0.743. The zero-order valence-corrected chi connectivity index (χ0v) is 14.0. The van der Waals surface area contributed by atoms with Gasteiger partial charge in [0.1, 0.15) is 5.75 Å². The molecule has 1 heterocycles. The number of fused-ring (bicyclic) bond motifs is 1. The van der Waals surface area contributed by atoms with Crippen LogP contribution in [0.25, 0.3) is 22.2 Å². The van der Waals surface area contributed by atoms with Crippen molar-refractivity contribution in [1.82, 2.24) is 4.98 Å². The Kier molecular flexibility index (Phi) is 3.87. The molecule has 0 amide bonds. The van der Waals surface area contributed by atoms with Crippen LogP contribution in [0.1, 0.15) is 5.56 Å². The molecule has 0 aliphatic rings. The summed E-state index contributed by atoms with van der Waals surface area (Å²) in [6.07, 6.45) is 0.